The number of benzene rings is 1. The first kappa shape index (κ1) is 15.4. The Balaban J connectivity index is 2.89. The first-order valence-corrected chi connectivity index (χ1v) is 5.19. The number of aliphatic hydroxyl groups excluding tert-OH is 1. The van der Waals surface area contributed by atoms with Crippen molar-refractivity contribution >= 4 is 11.6 Å². The first-order chi connectivity index (χ1) is 9.26. The van der Waals surface area contributed by atoms with Gasteiger partial charge in [-0.2, -0.15) is 5.26 Å². The Hall–Kier alpha value is -2.69. The predicted molar refractivity (Wildman–Crippen MR) is 62.8 cm³/mol. The van der Waals surface area contributed by atoms with Crippen LogP contribution in [-0.2, 0) is 4.79 Å². The summed E-state index contributed by atoms with van der Waals surface area (Å²) in [4.78, 5) is 11.4. The molecule has 5 nitrogen and oxygen atoms in total. The highest BCUT2D eigenvalue weighted by atomic mass is 19.4. The summed E-state index contributed by atoms with van der Waals surface area (Å²) in [5.41, 5.74) is -0.221. The van der Waals surface area contributed by atoms with Crippen LogP contribution in [0.5, 0.6) is 5.75 Å². The second kappa shape index (κ2) is 5.97. The molecule has 2 N–H and O–H groups in total. The number of carbonyl (C=O) groups is 1. The van der Waals surface area contributed by atoms with Crippen LogP contribution in [-0.4, -0.2) is 17.4 Å². The van der Waals surface area contributed by atoms with Crippen LogP contribution in [0.15, 0.2) is 30.0 Å². The maximum absolute atomic E-state index is 12.1. The molecule has 0 spiro atoms. The molecule has 106 valence electrons. The molecule has 0 aliphatic carbocycles. The zero-order chi connectivity index (χ0) is 15.3. The van der Waals surface area contributed by atoms with Gasteiger partial charge in [0.15, 0.2) is 5.57 Å². The number of aryl methyl sites for hydroxylation is 1. The Morgan fingerprint density at radius 3 is 2.60 bits per heavy atom. The van der Waals surface area contributed by atoms with Gasteiger partial charge >= 0.3 is 6.36 Å². The van der Waals surface area contributed by atoms with E-state index >= 15 is 0 Å². The van der Waals surface area contributed by atoms with Crippen LogP contribution < -0.4 is 10.1 Å². The number of amides is 1. The Bertz CT molecular complexity index is 589. The molecule has 0 heterocycles. The molecule has 0 atom stereocenters. The lowest BCUT2D eigenvalue weighted by Crippen LogP contribution is -2.18. The molecule has 0 radical (unpaired) electrons. The molecule has 0 unspecified atom stereocenters. The van der Waals surface area contributed by atoms with Gasteiger partial charge in [0.05, 0.1) is 0 Å². The molecule has 1 rings (SSSR count). The van der Waals surface area contributed by atoms with Gasteiger partial charge in [0.25, 0.3) is 5.91 Å². The van der Waals surface area contributed by atoms with Crippen molar-refractivity contribution in [3.05, 3.63) is 35.6 Å². The van der Waals surface area contributed by atoms with E-state index in [0.717, 1.165) is 6.07 Å². The molecule has 1 aromatic carbocycles. The van der Waals surface area contributed by atoms with Crippen LogP contribution in [0.1, 0.15) is 5.56 Å². The minimum Gasteiger partial charge on any atom is -0.514 e. The van der Waals surface area contributed by atoms with E-state index in [4.69, 9.17) is 10.4 Å². The Morgan fingerprint density at radius 1 is 1.50 bits per heavy atom. The van der Waals surface area contributed by atoms with Crippen LogP contribution in [0.3, 0.4) is 0 Å². The smallest absolute Gasteiger partial charge is 0.514 e. The minimum atomic E-state index is -4.80. The van der Waals surface area contributed by atoms with E-state index in [1.165, 1.54) is 25.1 Å². The molecule has 1 aromatic rings. The maximum Gasteiger partial charge on any atom is 0.573 e. The third-order valence-electron chi connectivity index (χ3n) is 2.15. The predicted octanol–water partition coefficient (Wildman–Crippen LogP) is 2.80. The average Bonchev–Trinajstić information content (AvgIpc) is 2.33. The van der Waals surface area contributed by atoms with Crippen molar-refractivity contribution in [2.45, 2.75) is 13.3 Å². The summed E-state index contributed by atoms with van der Waals surface area (Å²) in [6, 6.07) is 4.91. The molecule has 0 bridgehead atoms. The van der Waals surface area contributed by atoms with Crippen molar-refractivity contribution in [2.24, 2.45) is 0 Å². The molecule has 0 aliphatic rings. The number of ether oxygens (including phenoxy) is 1. The standard InChI is InChI=1S/C12H9F3N2O3/c1-7-4-9(17-11(19)8(5-16)6-18)2-3-10(7)20-12(13,14)15/h2-4,6,18H,1H3,(H,17,19)/b8-6+. The number of nitrogens with zero attached hydrogens (tertiary/aromatic N) is 1. The van der Waals surface area contributed by atoms with Crippen molar-refractivity contribution in [1.29, 1.82) is 5.26 Å². The normalized spacial score (nSPS) is 11.7. The lowest BCUT2D eigenvalue weighted by Gasteiger charge is -2.12. The second-order valence-corrected chi connectivity index (χ2v) is 3.64. The maximum atomic E-state index is 12.1. The molecular formula is C12H9F3N2O3. The highest BCUT2D eigenvalue weighted by Gasteiger charge is 2.31. The third kappa shape index (κ3) is 4.20. The third-order valence-corrected chi connectivity index (χ3v) is 2.15. The van der Waals surface area contributed by atoms with E-state index in [9.17, 15) is 18.0 Å². The van der Waals surface area contributed by atoms with E-state index in [-0.39, 0.29) is 11.3 Å². The number of alkyl halides is 3. The number of aliphatic hydroxyl groups is 1. The van der Waals surface area contributed by atoms with Crippen LogP contribution >= 0.6 is 0 Å². The average molecular weight is 286 g/mol. The van der Waals surface area contributed by atoms with Gasteiger partial charge in [0.2, 0.25) is 0 Å². The number of hydrogen-bond acceptors (Lipinski definition) is 4. The lowest BCUT2D eigenvalue weighted by atomic mass is 10.2. The Labute approximate surface area is 111 Å². The van der Waals surface area contributed by atoms with E-state index in [0.29, 0.717) is 6.26 Å². The van der Waals surface area contributed by atoms with Crippen molar-refractivity contribution < 1.29 is 27.8 Å². The van der Waals surface area contributed by atoms with Crippen LogP contribution in [0.2, 0.25) is 0 Å². The molecule has 1 amide bonds. The molecular weight excluding hydrogens is 277 g/mol. The fourth-order valence-electron chi connectivity index (χ4n) is 1.30. The highest BCUT2D eigenvalue weighted by Crippen LogP contribution is 2.28. The summed E-state index contributed by atoms with van der Waals surface area (Å²) in [5, 5.41) is 19.4. The number of hydrogen-bond donors (Lipinski definition) is 2. The number of carbonyl (C=O) groups excluding carboxylic acids is 1. The SMILES string of the molecule is Cc1cc(NC(=O)/C(C#N)=C/O)ccc1OC(F)(F)F. The number of nitrogens with one attached hydrogen (secondary N) is 1. The Kier molecular flexibility index (Phi) is 4.59. The lowest BCUT2D eigenvalue weighted by molar-refractivity contribution is -0.274. The molecule has 0 aromatic heterocycles. The van der Waals surface area contributed by atoms with E-state index in [1.54, 1.807) is 0 Å². The summed E-state index contributed by atoms with van der Waals surface area (Å²) in [6.45, 7) is 1.36. The topological polar surface area (TPSA) is 82.4 Å². The van der Waals surface area contributed by atoms with Crippen molar-refractivity contribution in [3.63, 3.8) is 0 Å². The van der Waals surface area contributed by atoms with Gasteiger partial charge in [0, 0.05) is 5.69 Å². The van der Waals surface area contributed by atoms with Gasteiger partial charge in [-0.15, -0.1) is 13.2 Å². The van der Waals surface area contributed by atoms with Gasteiger partial charge in [-0.05, 0) is 30.7 Å². The summed E-state index contributed by atoms with van der Waals surface area (Å²) in [5.74, 6) is -1.27. The van der Waals surface area contributed by atoms with E-state index in [2.05, 4.69) is 10.1 Å². The van der Waals surface area contributed by atoms with Gasteiger partial charge in [-0.1, -0.05) is 0 Å². The quantitative estimate of drug-likeness (QED) is 0.508. The monoisotopic (exact) mass is 286 g/mol. The van der Waals surface area contributed by atoms with Crippen molar-refractivity contribution in [3.8, 4) is 11.8 Å². The second-order valence-electron chi connectivity index (χ2n) is 3.64. The fraction of sp³-hybridized carbons (Fsp3) is 0.167. The van der Waals surface area contributed by atoms with Crippen LogP contribution in [0, 0.1) is 18.3 Å². The number of halogens is 3. The molecule has 8 heteroatoms. The zero-order valence-electron chi connectivity index (χ0n) is 10.2. The van der Waals surface area contributed by atoms with Gasteiger partial charge in [-0.3, -0.25) is 4.79 Å². The van der Waals surface area contributed by atoms with Crippen molar-refractivity contribution in [1.82, 2.24) is 0 Å². The number of rotatable bonds is 3. The fourth-order valence-corrected chi connectivity index (χ4v) is 1.30. The Morgan fingerprint density at radius 2 is 2.15 bits per heavy atom. The minimum absolute atomic E-state index is 0.145. The summed E-state index contributed by atoms with van der Waals surface area (Å²) in [6.07, 6.45) is -4.47. The van der Waals surface area contributed by atoms with E-state index < -0.39 is 23.6 Å². The number of anilines is 1. The molecule has 0 aliphatic heterocycles. The summed E-state index contributed by atoms with van der Waals surface area (Å²) >= 11 is 0. The first-order valence-electron chi connectivity index (χ1n) is 5.19. The highest BCUT2D eigenvalue weighted by molar-refractivity contribution is 6.06. The summed E-state index contributed by atoms with van der Waals surface area (Å²) < 4.78 is 40.0. The van der Waals surface area contributed by atoms with Crippen molar-refractivity contribution in [2.75, 3.05) is 5.32 Å². The largest absolute Gasteiger partial charge is 0.573 e. The molecule has 20 heavy (non-hydrogen) atoms. The zero-order valence-corrected chi connectivity index (χ0v) is 10.2. The number of nitriles is 1. The van der Waals surface area contributed by atoms with Crippen LogP contribution in [0.4, 0.5) is 18.9 Å². The van der Waals surface area contributed by atoms with Gasteiger partial charge < -0.3 is 15.2 Å². The van der Waals surface area contributed by atoms with Gasteiger partial charge in [-0.25, -0.2) is 0 Å². The van der Waals surface area contributed by atoms with Gasteiger partial charge in [0.1, 0.15) is 18.1 Å². The van der Waals surface area contributed by atoms with E-state index in [1.807, 2.05) is 0 Å². The molecule has 0 saturated carbocycles. The summed E-state index contributed by atoms with van der Waals surface area (Å²) in [7, 11) is 0. The molecule has 0 saturated heterocycles. The van der Waals surface area contributed by atoms with Crippen LogP contribution in [0.25, 0.3) is 0 Å². The molecule has 0 fully saturated rings.